The van der Waals surface area contributed by atoms with Crippen molar-refractivity contribution in [2.24, 2.45) is 0 Å². The fraction of sp³-hybridized carbons (Fsp3) is 0.200. The van der Waals surface area contributed by atoms with Gasteiger partial charge in [-0.05, 0) is 48.4 Å². The first-order chi connectivity index (χ1) is 10.2. The SMILES string of the molecule is O=C(Nc1ccc(F)cc1)C1CC(c2ccncc2)NN1. The van der Waals surface area contributed by atoms with E-state index < -0.39 is 0 Å². The lowest BCUT2D eigenvalue weighted by Crippen LogP contribution is -2.39. The summed E-state index contributed by atoms with van der Waals surface area (Å²) in [5.74, 6) is -0.475. The summed E-state index contributed by atoms with van der Waals surface area (Å²) in [5, 5.41) is 2.76. The van der Waals surface area contributed by atoms with Crippen molar-refractivity contribution in [2.75, 3.05) is 5.32 Å². The number of hydrazine groups is 1. The molecule has 2 heterocycles. The second-order valence-corrected chi connectivity index (χ2v) is 4.91. The zero-order valence-corrected chi connectivity index (χ0v) is 11.2. The van der Waals surface area contributed by atoms with E-state index in [1.807, 2.05) is 12.1 Å². The Balaban J connectivity index is 1.61. The van der Waals surface area contributed by atoms with Gasteiger partial charge >= 0.3 is 0 Å². The number of hydrogen-bond acceptors (Lipinski definition) is 4. The van der Waals surface area contributed by atoms with Crippen LogP contribution in [0.4, 0.5) is 10.1 Å². The van der Waals surface area contributed by atoms with Crippen molar-refractivity contribution < 1.29 is 9.18 Å². The van der Waals surface area contributed by atoms with Crippen LogP contribution in [0.5, 0.6) is 0 Å². The molecule has 1 aromatic heterocycles. The molecule has 6 heteroatoms. The van der Waals surface area contributed by atoms with Crippen molar-refractivity contribution in [3.63, 3.8) is 0 Å². The van der Waals surface area contributed by atoms with Crippen LogP contribution in [0.3, 0.4) is 0 Å². The predicted molar refractivity (Wildman–Crippen MR) is 76.7 cm³/mol. The maximum Gasteiger partial charge on any atom is 0.242 e. The molecule has 3 N–H and O–H groups in total. The smallest absolute Gasteiger partial charge is 0.242 e. The highest BCUT2D eigenvalue weighted by Crippen LogP contribution is 2.22. The fourth-order valence-corrected chi connectivity index (χ4v) is 2.31. The lowest BCUT2D eigenvalue weighted by Gasteiger charge is -2.10. The van der Waals surface area contributed by atoms with Gasteiger partial charge in [-0.15, -0.1) is 0 Å². The van der Waals surface area contributed by atoms with Crippen molar-refractivity contribution in [1.29, 1.82) is 0 Å². The van der Waals surface area contributed by atoms with Gasteiger partial charge in [0.1, 0.15) is 11.9 Å². The summed E-state index contributed by atoms with van der Waals surface area (Å²) in [5.41, 5.74) is 7.74. The van der Waals surface area contributed by atoms with Crippen LogP contribution in [0.25, 0.3) is 0 Å². The van der Waals surface area contributed by atoms with Crippen LogP contribution in [0.2, 0.25) is 0 Å². The molecule has 1 aliphatic rings. The van der Waals surface area contributed by atoms with E-state index in [0.29, 0.717) is 12.1 Å². The average Bonchev–Trinajstić information content (AvgIpc) is 3.00. The van der Waals surface area contributed by atoms with Gasteiger partial charge in [-0.1, -0.05) is 0 Å². The van der Waals surface area contributed by atoms with E-state index in [-0.39, 0.29) is 23.8 Å². The van der Waals surface area contributed by atoms with E-state index in [1.165, 1.54) is 24.3 Å². The molecule has 1 amide bonds. The molecule has 21 heavy (non-hydrogen) atoms. The molecule has 0 radical (unpaired) electrons. The Bertz CT molecular complexity index is 617. The molecule has 3 rings (SSSR count). The summed E-state index contributed by atoms with van der Waals surface area (Å²) in [6, 6.07) is 9.27. The third-order valence-corrected chi connectivity index (χ3v) is 3.44. The molecule has 5 nitrogen and oxygen atoms in total. The summed E-state index contributed by atoms with van der Waals surface area (Å²) >= 11 is 0. The Morgan fingerprint density at radius 3 is 2.57 bits per heavy atom. The Hall–Kier alpha value is -2.31. The molecular weight excluding hydrogens is 271 g/mol. The number of pyridine rings is 1. The topological polar surface area (TPSA) is 66.0 Å². The number of amides is 1. The van der Waals surface area contributed by atoms with Gasteiger partial charge in [0, 0.05) is 24.1 Å². The number of carbonyl (C=O) groups excluding carboxylic acids is 1. The highest BCUT2D eigenvalue weighted by atomic mass is 19.1. The number of nitrogens with zero attached hydrogens (tertiary/aromatic N) is 1. The Kier molecular flexibility index (Phi) is 3.89. The maximum absolute atomic E-state index is 12.8. The van der Waals surface area contributed by atoms with Crippen LogP contribution >= 0.6 is 0 Å². The molecule has 1 aromatic carbocycles. The van der Waals surface area contributed by atoms with Crippen molar-refractivity contribution in [3.8, 4) is 0 Å². The molecule has 2 atom stereocenters. The summed E-state index contributed by atoms with van der Waals surface area (Å²) < 4.78 is 12.8. The minimum atomic E-state index is -0.340. The zero-order valence-electron chi connectivity index (χ0n) is 11.2. The molecular formula is C15H15FN4O. The van der Waals surface area contributed by atoms with Gasteiger partial charge < -0.3 is 5.32 Å². The summed E-state index contributed by atoms with van der Waals surface area (Å²) in [6.45, 7) is 0. The number of carbonyl (C=O) groups is 1. The molecule has 1 aliphatic heterocycles. The first-order valence-electron chi connectivity index (χ1n) is 6.70. The molecule has 0 bridgehead atoms. The van der Waals surface area contributed by atoms with E-state index in [2.05, 4.69) is 21.2 Å². The van der Waals surface area contributed by atoms with Gasteiger partial charge in [-0.25, -0.2) is 15.2 Å². The minimum absolute atomic E-state index is 0.0666. The maximum atomic E-state index is 12.8. The molecule has 2 unspecified atom stereocenters. The number of rotatable bonds is 3. The summed E-state index contributed by atoms with van der Waals surface area (Å²) in [7, 11) is 0. The van der Waals surface area contributed by atoms with E-state index >= 15 is 0 Å². The molecule has 1 saturated heterocycles. The fourth-order valence-electron chi connectivity index (χ4n) is 2.31. The lowest BCUT2D eigenvalue weighted by atomic mass is 10.0. The third-order valence-electron chi connectivity index (χ3n) is 3.44. The van der Waals surface area contributed by atoms with Gasteiger partial charge in [0.2, 0.25) is 5.91 Å². The number of halogens is 1. The molecule has 1 fully saturated rings. The van der Waals surface area contributed by atoms with Crippen molar-refractivity contribution >= 4 is 11.6 Å². The highest BCUT2D eigenvalue weighted by molar-refractivity contribution is 5.95. The average molecular weight is 286 g/mol. The number of hydrogen-bond donors (Lipinski definition) is 3. The highest BCUT2D eigenvalue weighted by Gasteiger charge is 2.30. The predicted octanol–water partition coefficient (Wildman–Crippen LogP) is 1.77. The second kappa shape index (κ2) is 5.99. The molecule has 2 aromatic rings. The van der Waals surface area contributed by atoms with Crippen LogP contribution in [0, 0.1) is 5.82 Å². The number of benzene rings is 1. The van der Waals surface area contributed by atoms with Gasteiger partial charge in [0.25, 0.3) is 0 Å². The van der Waals surface area contributed by atoms with Crippen LogP contribution in [-0.2, 0) is 4.79 Å². The Labute approximate surface area is 121 Å². The Morgan fingerprint density at radius 2 is 1.86 bits per heavy atom. The van der Waals surface area contributed by atoms with E-state index in [4.69, 9.17) is 0 Å². The molecule has 0 aliphatic carbocycles. The lowest BCUT2D eigenvalue weighted by molar-refractivity contribution is -0.117. The van der Waals surface area contributed by atoms with E-state index in [1.54, 1.807) is 12.4 Å². The van der Waals surface area contributed by atoms with Gasteiger partial charge in [-0.2, -0.15) is 0 Å². The van der Waals surface area contributed by atoms with Gasteiger partial charge in [-0.3, -0.25) is 9.78 Å². The summed E-state index contributed by atoms with van der Waals surface area (Å²) in [4.78, 5) is 16.1. The normalized spacial score (nSPS) is 21.2. The summed E-state index contributed by atoms with van der Waals surface area (Å²) in [6.07, 6.45) is 4.09. The van der Waals surface area contributed by atoms with Crippen LogP contribution in [-0.4, -0.2) is 16.9 Å². The molecule has 108 valence electrons. The first kappa shape index (κ1) is 13.7. The van der Waals surface area contributed by atoms with Crippen LogP contribution < -0.4 is 16.2 Å². The van der Waals surface area contributed by atoms with Gasteiger partial charge in [0.05, 0.1) is 0 Å². The number of nitrogens with one attached hydrogen (secondary N) is 3. The number of anilines is 1. The van der Waals surface area contributed by atoms with Crippen molar-refractivity contribution in [3.05, 3.63) is 60.2 Å². The van der Waals surface area contributed by atoms with Crippen LogP contribution in [0.1, 0.15) is 18.0 Å². The minimum Gasteiger partial charge on any atom is -0.325 e. The Morgan fingerprint density at radius 1 is 1.14 bits per heavy atom. The second-order valence-electron chi connectivity index (χ2n) is 4.91. The van der Waals surface area contributed by atoms with Crippen LogP contribution in [0.15, 0.2) is 48.8 Å². The van der Waals surface area contributed by atoms with Gasteiger partial charge in [0.15, 0.2) is 0 Å². The largest absolute Gasteiger partial charge is 0.325 e. The number of aromatic nitrogens is 1. The van der Waals surface area contributed by atoms with E-state index in [0.717, 1.165) is 5.56 Å². The zero-order chi connectivity index (χ0) is 14.7. The van der Waals surface area contributed by atoms with Crippen molar-refractivity contribution in [2.45, 2.75) is 18.5 Å². The van der Waals surface area contributed by atoms with Crippen molar-refractivity contribution in [1.82, 2.24) is 15.8 Å². The first-order valence-corrected chi connectivity index (χ1v) is 6.70. The molecule has 0 saturated carbocycles. The quantitative estimate of drug-likeness (QED) is 0.804. The monoisotopic (exact) mass is 286 g/mol. The van der Waals surface area contributed by atoms with E-state index in [9.17, 15) is 9.18 Å². The molecule has 0 spiro atoms. The third kappa shape index (κ3) is 3.24. The standard InChI is InChI=1S/C15H15FN4O/c16-11-1-3-12(4-2-11)18-15(21)14-9-13(19-20-14)10-5-7-17-8-6-10/h1-8,13-14,19-20H,9H2,(H,18,21).